The molecule has 0 radical (unpaired) electrons. The number of ketones is 1. The first-order valence-electron chi connectivity index (χ1n) is 10.4. The minimum atomic E-state index is -0.635. The normalized spacial score (nSPS) is 12.2. The lowest BCUT2D eigenvalue weighted by molar-refractivity contribution is -0.143. The predicted molar refractivity (Wildman–Crippen MR) is 122 cm³/mol. The molecule has 1 aliphatic heterocycles. The number of hydrogen-bond donors (Lipinski definition) is 0. The lowest BCUT2D eigenvalue weighted by Gasteiger charge is -2.26. The minimum Gasteiger partial charge on any atom is -0.457 e. The van der Waals surface area contributed by atoms with Gasteiger partial charge in [0.05, 0.1) is 0 Å². The maximum atomic E-state index is 13.1. The molecule has 0 atom stereocenters. The fourth-order valence-electron chi connectivity index (χ4n) is 3.95. The van der Waals surface area contributed by atoms with Gasteiger partial charge in [-0.3, -0.25) is 9.59 Å². The lowest BCUT2D eigenvalue weighted by atomic mass is 9.88. The number of rotatable bonds is 5. The van der Waals surface area contributed by atoms with Gasteiger partial charge in [0.1, 0.15) is 17.4 Å². The van der Waals surface area contributed by atoms with Crippen LogP contribution in [0.2, 0.25) is 0 Å². The number of ether oxygens (including phenoxy) is 2. The third-order valence-corrected chi connectivity index (χ3v) is 5.58. The summed E-state index contributed by atoms with van der Waals surface area (Å²) in [6.45, 7) is -0.314. The smallest absolute Gasteiger partial charge is 0.318 e. The van der Waals surface area contributed by atoms with E-state index >= 15 is 0 Å². The van der Waals surface area contributed by atoms with E-state index in [-0.39, 0.29) is 12.4 Å². The quantitative estimate of drug-likeness (QED) is 0.293. The first kappa shape index (κ1) is 19.8. The van der Waals surface area contributed by atoms with Crippen molar-refractivity contribution in [2.45, 2.75) is 5.92 Å². The molecule has 32 heavy (non-hydrogen) atoms. The molecule has 1 aliphatic rings. The van der Waals surface area contributed by atoms with E-state index in [0.717, 1.165) is 22.3 Å². The fraction of sp³-hybridized carbons (Fsp3) is 0.0714. The van der Waals surface area contributed by atoms with Crippen molar-refractivity contribution in [3.05, 3.63) is 120 Å². The standard InChI is InChI=1S/C28H20O4/c29-24(21-16-14-20(15-17-21)19-8-2-1-3-9-19)18-31-28(30)27-22-10-4-6-12-25(22)32-26-13-7-5-11-23(26)27/h1-17,27H,18H2. The number of benzene rings is 4. The molecule has 0 amide bonds. The molecule has 4 heteroatoms. The fourth-order valence-corrected chi connectivity index (χ4v) is 3.95. The van der Waals surface area contributed by atoms with Crippen LogP contribution in [-0.4, -0.2) is 18.4 Å². The Bertz CT molecular complexity index is 1230. The van der Waals surface area contributed by atoms with E-state index in [2.05, 4.69) is 0 Å². The van der Waals surface area contributed by atoms with E-state index in [0.29, 0.717) is 17.1 Å². The Kier molecular flexibility index (Phi) is 5.26. The van der Waals surface area contributed by atoms with Crippen molar-refractivity contribution in [2.75, 3.05) is 6.61 Å². The highest BCUT2D eigenvalue weighted by Gasteiger charge is 2.33. The summed E-state index contributed by atoms with van der Waals surface area (Å²) in [6.07, 6.45) is 0. The summed E-state index contributed by atoms with van der Waals surface area (Å²) in [7, 11) is 0. The second-order valence-electron chi connectivity index (χ2n) is 7.58. The lowest BCUT2D eigenvalue weighted by Crippen LogP contribution is -2.23. The molecule has 0 N–H and O–H groups in total. The molecule has 156 valence electrons. The Morgan fingerprint density at radius 3 is 1.81 bits per heavy atom. The molecule has 0 saturated carbocycles. The Hall–Kier alpha value is -4.18. The van der Waals surface area contributed by atoms with Gasteiger partial charge in [0, 0.05) is 16.7 Å². The molecule has 0 spiro atoms. The average molecular weight is 420 g/mol. The number of fused-ring (bicyclic) bond motifs is 2. The summed E-state index contributed by atoms with van der Waals surface area (Å²) >= 11 is 0. The molecule has 0 saturated heterocycles. The number of para-hydroxylation sites is 2. The Morgan fingerprint density at radius 1 is 0.656 bits per heavy atom. The molecule has 4 aromatic rings. The monoisotopic (exact) mass is 420 g/mol. The topological polar surface area (TPSA) is 52.6 Å². The van der Waals surface area contributed by atoms with Gasteiger partial charge < -0.3 is 9.47 Å². The first-order valence-corrected chi connectivity index (χ1v) is 10.4. The third-order valence-electron chi connectivity index (χ3n) is 5.58. The van der Waals surface area contributed by atoms with E-state index in [9.17, 15) is 9.59 Å². The summed E-state index contributed by atoms with van der Waals surface area (Å²) in [5.74, 6) is -0.106. The summed E-state index contributed by atoms with van der Waals surface area (Å²) in [5.41, 5.74) is 4.07. The minimum absolute atomic E-state index is 0.244. The van der Waals surface area contributed by atoms with Crippen molar-refractivity contribution < 1.29 is 19.1 Å². The molecular formula is C28H20O4. The highest BCUT2D eigenvalue weighted by Crippen LogP contribution is 2.44. The molecule has 5 rings (SSSR count). The molecule has 0 aliphatic carbocycles. The van der Waals surface area contributed by atoms with Gasteiger partial charge in [0.2, 0.25) is 0 Å². The van der Waals surface area contributed by atoms with Gasteiger partial charge in [-0.05, 0) is 23.3 Å². The first-order chi connectivity index (χ1) is 15.7. The molecule has 4 aromatic carbocycles. The molecule has 0 bridgehead atoms. The largest absolute Gasteiger partial charge is 0.457 e. The van der Waals surface area contributed by atoms with Gasteiger partial charge in [-0.2, -0.15) is 0 Å². The van der Waals surface area contributed by atoms with Gasteiger partial charge in [0.15, 0.2) is 12.4 Å². The van der Waals surface area contributed by atoms with Crippen molar-refractivity contribution in [3.63, 3.8) is 0 Å². The van der Waals surface area contributed by atoms with E-state index in [4.69, 9.17) is 9.47 Å². The third kappa shape index (κ3) is 3.79. The second kappa shape index (κ2) is 8.52. The highest BCUT2D eigenvalue weighted by molar-refractivity contribution is 5.99. The molecule has 0 fully saturated rings. The second-order valence-corrected chi connectivity index (χ2v) is 7.58. The predicted octanol–water partition coefficient (Wildman–Crippen LogP) is 6.02. The van der Waals surface area contributed by atoms with Crippen LogP contribution in [0.4, 0.5) is 0 Å². The van der Waals surface area contributed by atoms with Crippen LogP contribution < -0.4 is 4.74 Å². The SMILES string of the molecule is O=C(COC(=O)C1c2ccccc2Oc2ccccc21)c1ccc(-c2ccccc2)cc1. The molecule has 1 heterocycles. The van der Waals surface area contributed by atoms with E-state index in [1.165, 1.54) is 0 Å². The Labute approximate surface area is 186 Å². The van der Waals surface area contributed by atoms with E-state index < -0.39 is 11.9 Å². The van der Waals surface area contributed by atoms with Crippen LogP contribution in [0, 0.1) is 0 Å². The van der Waals surface area contributed by atoms with Crippen LogP contribution in [0.15, 0.2) is 103 Å². The van der Waals surface area contributed by atoms with Crippen LogP contribution in [0.5, 0.6) is 11.5 Å². The highest BCUT2D eigenvalue weighted by atomic mass is 16.5. The summed E-state index contributed by atoms with van der Waals surface area (Å²) in [5, 5.41) is 0. The number of hydrogen-bond acceptors (Lipinski definition) is 4. The van der Waals surface area contributed by atoms with Crippen molar-refractivity contribution in [3.8, 4) is 22.6 Å². The van der Waals surface area contributed by atoms with Crippen LogP contribution in [0.25, 0.3) is 11.1 Å². The summed E-state index contributed by atoms with van der Waals surface area (Å²) in [6, 6.07) is 32.0. The number of carbonyl (C=O) groups excluding carboxylic acids is 2. The van der Waals surface area contributed by atoms with Gasteiger partial charge in [-0.25, -0.2) is 0 Å². The summed E-state index contributed by atoms with van der Waals surface area (Å²) < 4.78 is 11.4. The Balaban J connectivity index is 1.32. The van der Waals surface area contributed by atoms with E-state index in [1.807, 2.05) is 91.0 Å². The Morgan fingerprint density at radius 2 is 1.19 bits per heavy atom. The van der Waals surface area contributed by atoms with Crippen LogP contribution in [0.3, 0.4) is 0 Å². The van der Waals surface area contributed by atoms with Gasteiger partial charge in [0.25, 0.3) is 0 Å². The molecular weight excluding hydrogens is 400 g/mol. The average Bonchev–Trinajstić information content (AvgIpc) is 2.86. The maximum Gasteiger partial charge on any atom is 0.318 e. The van der Waals surface area contributed by atoms with Crippen molar-refractivity contribution in [2.24, 2.45) is 0 Å². The molecule has 0 unspecified atom stereocenters. The van der Waals surface area contributed by atoms with E-state index in [1.54, 1.807) is 12.1 Å². The zero-order chi connectivity index (χ0) is 21.9. The van der Waals surface area contributed by atoms with Crippen LogP contribution >= 0.6 is 0 Å². The van der Waals surface area contributed by atoms with Crippen molar-refractivity contribution in [1.29, 1.82) is 0 Å². The number of esters is 1. The number of Topliss-reactive ketones (excluding diaryl/α,β-unsaturated/α-hetero) is 1. The van der Waals surface area contributed by atoms with Gasteiger partial charge in [-0.1, -0.05) is 91.0 Å². The zero-order valence-corrected chi connectivity index (χ0v) is 17.2. The van der Waals surface area contributed by atoms with Crippen molar-refractivity contribution in [1.82, 2.24) is 0 Å². The van der Waals surface area contributed by atoms with Gasteiger partial charge >= 0.3 is 5.97 Å². The molecule has 4 nitrogen and oxygen atoms in total. The van der Waals surface area contributed by atoms with Gasteiger partial charge in [-0.15, -0.1) is 0 Å². The maximum absolute atomic E-state index is 13.1. The van der Waals surface area contributed by atoms with Crippen molar-refractivity contribution >= 4 is 11.8 Å². The molecule has 0 aromatic heterocycles. The van der Waals surface area contributed by atoms with Crippen LogP contribution in [0.1, 0.15) is 27.4 Å². The number of carbonyl (C=O) groups is 2. The zero-order valence-electron chi connectivity index (χ0n) is 17.2. The van der Waals surface area contributed by atoms with Crippen LogP contribution in [-0.2, 0) is 9.53 Å². The summed E-state index contributed by atoms with van der Waals surface area (Å²) in [4.78, 5) is 25.7.